The van der Waals surface area contributed by atoms with E-state index < -0.39 is 11.9 Å². The van der Waals surface area contributed by atoms with Gasteiger partial charge in [0.2, 0.25) is 0 Å². The summed E-state index contributed by atoms with van der Waals surface area (Å²) in [5.41, 5.74) is 1.42. The van der Waals surface area contributed by atoms with Crippen molar-refractivity contribution in [2.24, 2.45) is 0 Å². The van der Waals surface area contributed by atoms with Gasteiger partial charge in [-0.05, 0) is 24.3 Å². The number of hydrogen-bond acceptors (Lipinski definition) is 5. The summed E-state index contributed by atoms with van der Waals surface area (Å²) in [4.78, 5) is 27.2. The molecule has 0 amide bonds. The molecule has 0 aliphatic rings. The maximum Gasteiger partial charge on any atom is 0.339 e. The van der Waals surface area contributed by atoms with Gasteiger partial charge in [-0.3, -0.25) is 4.98 Å². The number of aromatic nitrogens is 1. The SMILES string of the molecule is COC(=O)c1ccc(CSc2ccccc2C(=O)O)nc1. The van der Waals surface area contributed by atoms with Crippen LogP contribution in [0.25, 0.3) is 0 Å². The summed E-state index contributed by atoms with van der Waals surface area (Å²) in [7, 11) is 1.31. The van der Waals surface area contributed by atoms with Gasteiger partial charge in [0, 0.05) is 16.8 Å². The summed E-state index contributed by atoms with van der Waals surface area (Å²) in [5, 5.41) is 9.11. The van der Waals surface area contributed by atoms with Crippen LogP contribution in [0.15, 0.2) is 47.5 Å². The van der Waals surface area contributed by atoms with Gasteiger partial charge in [0.15, 0.2) is 0 Å². The van der Waals surface area contributed by atoms with Gasteiger partial charge in [-0.15, -0.1) is 11.8 Å². The third-order valence-electron chi connectivity index (χ3n) is 2.74. The molecule has 108 valence electrons. The largest absolute Gasteiger partial charge is 0.478 e. The Morgan fingerprint density at radius 1 is 1.24 bits per heavy atom. The van der Waals surface area contributed by atoms with Gasteiger partial charge < -0.3 is 9.84 Å². The Labute approximate surface area is 126 Å². The first-order chi connectivity index (χ1) is 10.1. The van der Waals surface area contributed by atoms with Crippen molar-refractivity contribution in [2.75, 3.05) is 7.11 Å². The summed E-state index contributed by atoms with van der Waals surface area (Å²) >= 11 is 1.39. The van der Waals surface area contributed by atoms with Crippen LogP contribution in [0.5, 0.6) is 0 Å². The van der Waals surface area contributed by atoms with Crippen LogP contribution in [-0.2, 0) is 10.5 Å². The Morgan fingerprint density at radius 3 is 2.62 bits per heavy atom. The molecule has 6 heteroatoms. The number of ether oxygens (including phenoxy) is 1. The average Bonchev–Trinajstić information content (AvgIpc) is 2.52. The molecule has 0 aliphatic carbocycles. The Morgan fingerprint density at radius 2 is 2.00 bits per heavy atom. The summed E-state index contributed by atoms with van der Waals surface area (Å²) in [6.07, 6.45) is 1.45. The van der Waals surface area contributed by atoms with Crippen LogP contribution in [0.4, 0.5) is 0 Å². The molecule has 0 aliphatic heterocycles. The lowest BCUT2D eigenvalue weighted by Gasteiger charge is -2.05. The molecule has 2 aromatic rings. The van der Waals surface area contributed by atoms with Crippen molar-refractivity contribution in [3.05, 3.63) is 59.4 Å². The van der Waals surface area contributed by atoms with E-state index in [4.69, 9.17) is 5.11 Å². The summed E-state index contributed by atoms with van der Waals surface area (Å²) in [6.45, 7) is 0. The predicted molar refractivity (Wildman–Crippen MR) is 78.5 cm³/mol. The van der Waals surface area contributed by atoms with Gasteiger partial charge in [-0.2, -0.15) is 0 Å². The number of carbonyl (C=O) groups excluding carboxylic acids is 1. The number of pyridine rings is 1. The fourth-order valence-corrected chi connectivity index (χ4v) is 2.63. The Bertz CT molecular complexity index is 655. The lowest BCUT2D eigenvalue weighted by molar-refractivity contribution is 0.0599. The van der Waals surface area contributed by atoms with E-state index in [9.17, 15) is 9.59 Å². The first-order valence-electron chi connectivity index (χ1n) is 6.10. The smallest absolute Gasteiger partial charge is 0.339 e. The van der Waals surface area contributed by atoms with E-state index in [-0.39, 0.29) is 5.56 Å². The highest BCUT2D eigenvalue weighted by molar-refractivity contribution is 7.98. The topological polar surface area (TPSA) is 76.5 Å². The van der Waals surface area contributed by atoms with Crippen molar-refractivity contribution < 1.29 is 19.4 Å². The Hall–Kier alpha value is -2.34. The van der Waals surface area contributed by atoms with E-state index >= 15 is 0 Å². The van der Waals surface area contributed by atoms with E-state index in [0.717, 1.165) is 5.69 Å². The second-order valence-corrected chi connectivity index (χ2v) is 5.14. The minimum atomic E-state index is -0.952. The average molecular weight is 303 g/mol. The zero-order valence-electron chi connectivity index (χ0n) is 11.3. The number of rotatable bonds is 5. The van der Waals surface area contributed by atoms with Crippen LogP contribution >= 0.6 is 11.8 Å². The van der Waals surface area contributed by atoms with E-state index in [1.165, 1.54) is 25.1 Å². The summed E-state index contributed by atoms with van der Waals surface area (Å²) in [5.74, 6) is -0.865. The number of carboxylic acids is 1. The number of nitrogens with zero attached hydrogens (tertiary/aromatic N) is 1. The number of methoxy groups -OCH3 is 1. The number of benzene rings is 1. The fourth-order valence-electron chi connectivity index (χ4n) is 1.67. The highest BCUT2D eigenvalue weighted by atomic mass is 32.2. The molecular formula is C15H13NO4S. The fraction of sp³-hybridized carbons (Fsp3) is 0.133. The van der Waals surface area contributed by atoms with Gasteiger partial charge in [0.05, 0.1) is 23.9 Å². The van der Waals surface area contributed by atoms with Crippen LogP contribution in [-0.4, -0.2) is 29.1 Å². The molecule has 5 nitrogen and oxygen atoms in total. The molecule has 1 aromatic carbocycles. The monoisotopic (exact) mass is 303 g/mol. The van der Waals surface area contributed by atoms with Crippen LogP contribution in [0.1, 0.15) is 26.4 Å². The minimum Gasteiger partial charge on any atom is -0.478 e. The number of carboxylic acid groups (broad SMARTS) is 1. The van der Waals surface area contributed by atoms with Crippen molar-refractivity contribution in [2.45, 2.75) is 10.6 Å². The summed E-state index contributed by atoms with van der Waals surface area (Å²) < 4.78 is 4.60. The molecule has 0 bridgehead atoms. The summed E-state index contributed by atoms with van der Waals surface area (Å²) in [6, 6.07) is 10.2. The molecule has 0 atom stereocenters. The number of aromatic carboxylic acids is 1. The lowest BCUT2D eigenvalue weighted by Crippen LogP contribution is -2.02. The molecule has 1 N–H and O–H groups in total. The van der Waals surface area contributed by atoms with Crippen molar-refractivity contribution in [1.29, 1.82) is 0 Å². The maximum absolute atomic E-state index is 11.3. The van der Waals surface area contributed by atoms with E-state index in [1.807, 2.05) is 0 Å². The van der Waals surface area contributed by atoms with Gasteiger partial charge in [-0.1, -0.05) is 12.1 Å². The highest BCUT2D eigenvalue weighted by Crippen LogP contribution is 2.25. The van der Waals surface area contributed by atoms with Crippen molar-refractivity contribution in [3.63, 3.8) is 0 Å². The van der Waals surface area contributed by atoms with Crippen LogP contribution < -0.4 is 0 Å². The molecule has 0 saturated heterocycles. The highest BCUT2D eigenvalue weighted by Gasteiger charge is 2.10. The van der Waals surface area contributed by atoms with Gasteiger partial charge in [-0.25, -0.2) is 9.59 Å². The van der Waals surface area contributed by atoms with E-state index in [2.05, 4.69) is 9.72 Å². The van der Waals surface area contributed by atoms with E-state index in [0.29, 0.717) is 16.2 Å². The quantitative estimate of drug-likeness (QED) is 0.676. The minimum absolute atomic E-state index is 0.272. The molecule has 0 saturated carbocycles. The normalized spacial score (nSPS) is 10.1. The second kappa shape index (κ2) is 6.90. The number of hydrogen-bond donors (Lipinski definition) is 1. The van der Waals surface area contributed by atoms with Crippen LogP contribution in [0.3, 0.4) is 0 Å². The molecule has 0 radical (unpaired) electrons. The lowest BCUT2D eigenvalue weighted by atomic mass is 10.2. The molecule has 21 heavy (non-hydrogen) atoms. The number of thioether (sulfide) groups is 1. The predicted octanol–water partition coefficient (Wildman–Crippen LogP) is 2.86. The van der Waals surface area contributed by atoms with Gasteiger partial charge in [0.25, 0.3) is 0 Å². The molecule has 0 spiro atoms. The third-order valence-corrected chi connectivity index (χ3v) is 3.85. The van der Waals surface area contributed by atoms with Crippen molar-refractivity contribution in [1.82, 2.24) is 4.98 Å². The van der Waals surface area contributed by atoms with Crippen LogP contribution in [0, 0.1) is 0 Å². The zero-order chi connectivity index (χ0) is 15.2. The number of carbonyl (C=O) groups is 2. The zero-order valence-corrected chi connectivity index (χ0v) is 12.1. The molecule has 0 unspecified atom stereocenters. The first kappa shape index (κ1) is 15.1. The van der Waals surface area contributed by atoms with Crippen LogP contribution in [0.2, 0.25) is 0 Å². The van der Waals surface area contributed by atoms with Crippen molar-refractivity contribution in [3.8, 4) is 0 Å². The first-order valence-corrected chi connectivity index (χ1v) is 7.08. The third kappa shape index (κ3) is 3.82. The number of esters is 1. The molecular weight excluding hydrogens is 290 g/mol. The standard InChI is InChI=1S/C15H13NO4S/c1-20-15(19)10-6-7-11(16-8-10)9-21-13-5-3-2-4-12(13)14(17)18/h2-8H,9H2,1H3,(H,17,18). The molecule has 1 heterocycles. The van der Waals surface area contributed by atoms with E-state index in [1.54, 1.807) is 36.4 Å². The Kier molecular flexibility index (Phi) is 4.94. The Balaban J connectivity index is 2.07. The molecule has 1 aromatic heterocycles. The molecule has 0 fully saturated rings. The van der Waals surface area contributed by atoms with Crippen molar-refractivity contribution >= 4 is 23.7 Å². The maximum atomic E-state index is 11.3. The van der Waals surface area contributed by atoms with Gasteiger partial charge in [0.1, 0.15) is 0 Å². The second-order valence-electron chi connectivity index (χ2n) is 4.12. The molecule has 2 rings (SSSR count). The van der Waals surface area contributed by atoms with Gasteiger partial charge >= 0.3 is 11.9 Å².